The van der Waals surface area contributed by atoms with Crippen molar-refractivity contribution in [3.8, 4) is 0 Å². The zero-order valence-electron chi connectivity index (χ0n) is 9.55. The van der Waals surface area contributed by atoms with Crippen LogP contribution in [-0.2, 0) is 0 Å². The summed E-state index contributed by atoms with van der Waals surface area (Å²) in [6.07, 6.45) is 2.20. The molecule has 0 amide bonds. The largest absolute Gasteiger partial charge is 0.307 e. The molecule has 0 radical (unpaired) electrons. The summed E-state index contributed by atoms with van der Waals surface area (Å²) in [5.41, 5.74) is 2.65. The van der Waals surface area contributed by atoms with Gasteiger partial charge in [-0.2, -0.15) is 0 Å². The molecule has 1 rings (SSSR count). The topological polar surface area (TPSA) is 12.0 Å². The van der Waals surface area contributed by atoms with E-state index in [4.69, 9.17) is 0 Å². The van der Waals surface area contributed by atoms with Crippen molar-refractivity contribution in [3.05, 3.63) is 46.0 Å². The van der Waals surface area contributed by atoms with Gasteiger partial charge < -0.3 is 5.32 Å². The van der Waals surface area contributed by atoms with Crippen LogP contribution < -0.4 is 5.32 Å². The van der Waals surface area contributed by atoms with Gasteiger partial charge in [-0.3, -0.25) is 0 Å². The molecule has 0 saturated heterocycles. The molecular formula is C13H18BrN. The Bertz CT molecular complexity index is 340. The number of benzene rings is 1. The Labute approximate surface area is 101 Å². The highest BCUT2D eigenvalue weighted by Gasteiger charge is 2.06. The maximum Gasteiger partial charge on any atom is 0.0305 e. The first-order valence-corrected chi connectivity index (χ1v) is 6.01. The molecule has 0 heterocycles. The van der Waals surface area contributed by atoms with E-state index in [2.05, 4.69) is 66.3 Å². The Kier molecular flexibility index (Phi) is 5.06. The quantitative estimate of drug-likeness (QED) is 0.812. The van der Waals surface area contributed by atoms with E-state index in [1.807, 2.05) is 6.07 Å². The molecule has 0 unspecified atom stereocenters. The summed E-state index contributed by atoms with van der Waals surface area (Å²) in [4.78, 5) is 0. The third-order valence-electron chi connectivity index (χ3n) is 2.31. The van der Waals surface area contributed by atoms with Gasteiger partial charge in [0.1, 0.15) is 0 Å². The van der Waals surface area contributed by atoms with Crippen molar-refractivity contribution in [2.24, 2.45) is 0 Å². The lowest BCUT2D eigenvalue weighted by atomic mass is 10.1. The van der Waals surface area contributed by atoms with Crippen molar-refractivity contribution >= 4 is 15.9 Å². The average Bonchev–Trinajstić information content (AvgIpc) is 2.17. The molecule has 82 valence electrons. The monoisotopic (exact) mass is 267 g/mol. The molecule has 0 spiro atoms. The second kappa shape index (κ2) is 6.09. The summed E-state index contributed by atoms with van der Waals surface area (Å²) < 4.78 is 1.17. The zero-order valence-corrected chi connectivity index (χ0v) is 11.1. The fourth-order valence-corrected chi connectivity index (χ4v) is 2.00. The van der Waals surface area contributed by atoms with E-state index in [1.54, 1.807) is 0 Å². The summed E-state index contributed by atoms with van der Waals surface area (Å²) >= 11 is 3.56. The van der Waals surface area contributed by atoms with Crippen LogP contribution in [0.2, 0.25) is 0 Å². The fraction of sp³-hybridized carbons (Fsp3) is 0.385. The molecule has 1 aromatic rings. The fourth-order valence-electron chi connectivity index (χ4n) is 1.38. The van der Waals surface area contributed by atoms with E-state index in [1.165, 1.54) is 15.6 Å². The second-order valence-electron chi connectivity index (χ2n) is 3.93. The summed E-state index contributed by atoms with van der Waals surface area (Å²) in [6, 6.07) is 8.70. The highest BCUT2D eigenvalue weighted by atomic mass is 79.9. The van der Waals surface area contributed by atoms with Gasteiger partial charge in [-0.05, 0) is 32.4 Å². The molecule has 0 aliphatic carbocycles. The molecule has 0 bridgehead atoms. The number of rotatable bonds is 4. The van der Waals surface area contributed by atoms with Crippen LogP contribution in [0, 0.1) is 0 Å². The van der Waals surface area contributed by atoms with Gasteiger partial charge in [-0.15, -0.1) is 0 Å². The summed E-state index contributed by atoms with van der Waals surface area (Å²) in [5, 5.41) is 3.46. The van der Waals surface area contributed by atoms with Crippen LogP contribution in [0.4, 0.5) is 0 Å². The lowest BCUT2D eigenvalue weighted by Crippen LogP contribution is -2.19. The lowest BCUT2D eigenvalue weighted by Gasteiger charge is -2.14. The highest BCUT2D eigenvalue weighted by molar-refractivity contribution is 9.10. The first-order chi connectivity index (χ1) is 7.11. The first-order valence-electron chi connectivity index (χ1n) is 5.22. The molecule has 0 fully saturated rings. The molecule has 1 atom stereocenters. The molecule has 2 heteroatoms. The van der Waals surface area contributed by atoms with Crippen LogP contribution in [0.25, 0.3) is 0 Å². The molecule has 15 heavy (non-hydrogen) atoms. The third kappa shape index (κ3) is 4.18. The van der Waals surface area contributed by atoms with E-state index in [-0.39, 0.29) is 0 Å². The van der Waals surface area contributed by atoms with Gasteiger partial charge in [0.15, 0.2) is 0 Å². The van der Waals surface area contributed by atoms with E-state index in [0.717, 1.165) is 6.54 Å². The van der Waals surface area contributed by atoms with Crippen molar-refractivity contribution in [2.75, 3.05) is 6.54 Å². The van der Waals surface area contributed by atoms with Crippen LogP contribution in [-0.4, -0.2) is 6.54 Å². The van der Waals surface area contributed by atoms with E-state index < -0.39 is 0 Å². The number of hydrogen-bond donors (Lipinski definition) is 1. The minimum atomic E-state index is 0.371. The molecule has 1 nitrogen and oxygen atoms in total. The number of allylic oxidation sites excluding steroid dienone is 1. The van der Waals surface area contributed by atoms with Crippen molar-refractivity contribution in [3.63, 3.8) is 0 Å². The summed E-state index contributed by atoms with van der Waals surface area (Å²) in [5.74, 6) is 0. The second-order valence-corrected chi connectivity index (χ2v) is 4.79. The number of hydrogen-bond acceptors (Lipinski definition) is 1. The molecule has 0 aliphatic rings. The normalized spacial score (nSPS) is 12.3. The molecule has 0 saturated carbocycles. The Morgan fingerprint density at radius 3 is 2.67 bits per heavy atom. The minimum Gasteiger partial charge on any atom is -0.307 e. The van der Waals surface area contributed by atoms with Gasteiger partial charge in [0.2, 0.25) is 0 Å². The van der Waals surface area contributed by atoms with E-state index in [9.17, 15) is 0 Å². The zero-order chi connectivity index (χ0) is 11.3. The minimum absolute atomic E-state index is 0.371. The molecule has 1 N–H and O–H groups in total. The van der Waals surface area contributed by atoms with Crippen LogP contribution in [0.3, 0.4) is 0 Å². The smallest absolute Gasteiger partial charge is 0.0305 e. The van der Waals surface area contributed by atoms with E-state index in [0.29, 0.717) is 6.04 Å². The maximum absolute atomic E-state index is 3.56. The Morgan fingerprint density at radius 2 is 2.07 bits per heavy atom. The molecular weight excluding hydrogens is 250 g/mol. The SMILES string of the molecule is CC(C)=CCN[C@H](C)c1ccccc1Br. The maximum atomic E-state index is 3.56. The third-order valence-corrected chi connectivity index (χ3v) is 3.03. The Hall–Kier alpha value is -0.600. The number of nitrogens with one attached hydrogen (secondary N) is 1. The van der Waals surface area contributed by atoms with E-state index >= 15 is 0 Å². The molecule has 1 aromatic carbocycles. The highest BCUT2D eigenvalue weighted by Crippen LogP contribution is 2.22. The van der Waals surface area contributed by atoms with Gasteiger partial charge in [-0.25, -0.2) is 0 Å². The van der Waals surface area contributed by atoms with Gasteiger partial charge in [-0.1, -0.05) is 45.8 Å². The van der Waals surface area contributed by atoms with Gasteiger partial charge in [0, 0.05) is 17.1 Å². The predicted octanol–water partition coefficient (Wildman–Crippen LogP) is 4.07. The molecule has 0 aromatic heterocycles. The van der Waals surface area contributed by atoms with Gasteiger partial charge in [0.05, 0.1) is 0 Å². The van der Waals surface area contributed by atoms with Crippen LogP contribution in [0.15, 0.2) is 40.4 Å². The van der Waals surface area contributed by atoms with Crippen LogP contribution in [0.1, 0.15) is 32.4 Å². The van der Waals surface area contributed by atoms with Gasteiger partial charge >= 0.3 is 0 Å². The molecule has 0 aliphatic heterocycles. The summed E-state index contributed by atoms with van der Waals surface area (Å²) in [7, 11) is 0. The van der Waals surface area contributed by atoms with Crippen LogP contribution >= 0.6 is 15.9 Å². The first kappa shape index (κ1) is 12.5. The number of halogens is 1. The standard InChI is InChI=1S/C13H18BrN/c1-10(2)8-9-15-11(3)12-6-4-5-7-13(12)14/h4-8,11,15H,9H2,1-3H3/t11-/m1/s1. The predicted molar refractivity (Wildman–Crippen MR) is 70.0 cm³/mol. The average molecular weight is 268 g/mol. The van der Waals surface area contributed by atoms with Crippen LogP contribution in [0.5, 0.6) is 0 Å². The van der Waals surface area contributed by atoms with Gasteiger partial charge in [0.25, 0.3) is 0 Å². The Balaban J connectivity index is 2.58. The van der Waals surface area contributed by atoms with Crippen molar-refractivity contribution < 1.29 is 0 Å². The Morgan fingerprint density at radius 1 is 1.40 bits per heavy atom. The lowest BCUT2D eigenvalue weighted by molar-refractivity contribution is 0.614. The van der Waals surface area contributed by atoms with Crippen molar-refractivity contribution in [1.29, 1.82) is 0 Å². The van der Waals surface area contributed by atoms with Crippen molar-refractivity contribution in [1.82, 2.24) is 5.32 Å². The summed E-state index contributed by atoms with van der Waals surface area (Å²) in [6.45, 7) is 7.33. The van der Waals surface area contributed by atoms with Crippen molar-refractivity contribution in [2.45, 2.75) is 26.8 Å².